The van der Waals surface area contributed by atoms with E-state index in [1.54, 1.807) is 0 Å². The molecule has 230 valence electrons. The first-order valence-electron chi connectivity index (χ1n) is 16.3. The van der Waals surface area contributed by atoms with Crippen LogP contribution in [0.2, 0.25) is 0 Å². The van der Waals surface area contributed by atoms with E-state index in [1.807, 2.05) is 66.7 Å². The van der Waals surface area contributed by atoms with Crippen molar-refractivity contribution in [1.29, 1.82) is 15.8 Å². The molecule has 0 unspecified atom stereocenters. The van der Waals surface area contributed by atoms with E-state index in [2.05, 4.69) is 112 Å². The van der Waals surface area contributed by atoms with Gasteiger partial charge in [-0.3, -0.25) is 0 Å². The van der Waals surface area contributed by atoms with E-state index >= 15 is 0 Å². The standard InChI is InChI=1S/C45H25N5/c46-26-29-22-23-41-38(24-29)45-32(28-48)12-8-20-42(45)49(41)33-13-7-10-30(25-33)34-14-1-2-17-37(34)44-31(27-47)11-9-21-43(44)50-39-18-5-3-15-35(39)36-16-4-6-19-40(36)50/h1-25H. The highest BCUT2D eigenvalue weighted by Gasteiger charge is 2.21. The van der Waals surface area contributed by atoms with Crippen LogP contribution in [0.1, 0.15) is 16.7 Å². The Hall–Kier alpha value is -7.39. The highest BCUT2D eigenvalue weighted by molar-refractivity contribution is 6.12. The highest BCUT2D eigenvalue weighted by atomic mass is 15.0. The van der Waals surface area contributed by atoms with Crippen molar-refractivity contribution in [2.24, 2.45) is 0 Å². The van der Waals surface area contributed by atoms with Crippen LogP contribution in [-0.4, -0.2) is 9.13 Å². The Bertz CT molecular complexity index is 2920. The van der Waals surface area contributed by atoms with Gasteiger partial charge >= 0.3 is 0 Å². The number of hydrogen-bond donors (Lipinski definition) is 0. The molecular weight excluding hydrogens is 611 g/mol. The maximum absolute atomic E-state index is 10.5. The van der Waals surface area contributed by atoms with Crippen molar-refractivity contribution in [3.8, 4) is 51.8 Å². The normalized spacial score (nSPS) is 11.1. The van der Waals surface area contributed by atoms with Gasteiger partial charge in [0.25, 0.3) is 0 Å². The van der Waals surface area contributed by atoms with E-state index in [4.69, 9.17) is 0 Å². The molecule has 0 N–H and O–H groups in total. The quantitative estimate of drug-likeness (QED) is 0.193. The molecule has 5 nitrogen and oxygen atoms in total. The molecule has 0 spiro atoms. The number of hydrogen-bond acceptors (Lipinski definition) is 3. The van der Waals surface area contributed by atoms with Crippen LogP contribution in [0.15, 0.2) is 152 Å². The molecule has 0 amide bonds. The molecule has 2 aromatic heterocycles. The summed E-state index contributed by atoms with van der Waals surface area (Å²) in [5, 5.41) is 34.3. The fraction of sp³-hybridized carbons (Fsp3) is 0. The minimum absolute atomic E-state index is 0.544. The summed E-state index contributed by atoms with van der Waals surface area (Å²) in [5.41, 5.74) is 11.3. The SMILES string of the molecule is N#Cc1ccc2c(c1)c1c(C#N)cccc1n2-c1cccc(-c2ccccc2-c2c(C#N)cccc2-n2c3ccccc3c3ccccc32)c1. The molecule has 9 aromatic rings. The summed E-state index contributed by atoms with van der Waals surface area (Å²) >= 11 is 0. The van der Waals surface area contributed by atoms with Crippen LogP contribution >= 0.6 is 0 Å². The van der Waals surface area contributed by atoms with Crippen molar-refractivity contribution in [2.75, 3.05) is 0 Å². The molecule has 5 heteroatoms. The molecular formula is C45H25N5. The van der Waals surface area contributed by atoms with E-state index in [0.29, 0.717) is 16.7 Å². The Morgan fingerprint density at radius 1 is 0.420 bits per heavy atom. The maximum atomic E-state index is 10.5. The lowest BCUT2D eigenvalue weighted by Crippen LogP contribution is -2.00. The zero-order valence-corrected chi connectivity index (χ0v) is 26.7. The third-order valence-corrected chi connectivity index (χ3v) is 9.64. The van der Waals surface area contributed by atoms with Gasteiger partial charge in [0, 0.05) is 32.8 Å². The Balaban J connectivity index is 1.30. The molecule has 50 heavy (non-hydrogen) atoms. The lowest BCUT2D eigenvalue weighted by Gasteiger charge is -2.19. The van der Waals surface area contributed by atoms with E-state index in [-0.39, 0.29) is 0 Å². The van der Waals surface area contributed by atoms with Gasteiger partial charge in [-0.15, -0.1) is 0 Å². The first-order chi connectivity index (χ1) is 24.7. The van der Waals surface area contributed by atoms with Gasteiger partial charge in [-0.1, -0.05) is 84.9 Å². The third kappa shape index (κ3) is 4.24. The Morgan fingerprint density at radius 2 is 1.04 bits per heavy atom. The Labute approximate surface area is 287 Å². The van der Waals surface area contributed by atoms with Crippen molar-refractivity contribution in [2.45, 2.75) is 0 Å². The molecule has 9 rings (SSSR count). The predicted octanol–water partition coefficient (Wildman–Crippen LogP) is 10.8. The maximum Gasteiger partial charge on any atom is 0.0998 e. The Kier molecular flexibility index (Phi) is 6.56. The summed E-state index contributed by atoms with van der Waals surface area (Å²) in [5.74, 6) is 0. The number of fused-ring (bicyclic) bond motifs is 6. The van der Waals surface area contributed by atoms with Gasteiger partial charge in [0.2, 0.25) is 0 Å². The van der Waals surface area contributed by atoms with Crippen LogP contribution in [0.5, 0.6) is 0 Å². The second-order valence-corrected chi connectivity index (χ2v) is 12.3. The second kappa shape index (κ2) is 11.4. The zero-order chi connectivity index (χ0) is 33.8. The summed E-state index contributed by atoms with van der Waals surface area (Å²) in [6, 6.07) is 57.8. The minimum Gasteiger partial charge on any atom is -0.309 e. The summed E-state index contributed by atoms with van der Waals surface area (Å²) < 4.78 is 4.43. The molecule has 2 heterocycles. The van der Waals surface area contributed by atoms with Crippen molar-refractivity contribution in [3.05, 3.63) is 168 Å². The molecule has 0 fully saturated rings. The molecule has 0 aliphatic rings. The van der Waals surface area contributed by atoms with E-state index < -0.39 is 0 Å². The van der Waals surface area contributed by atoms with Gasteiger partial charge in [0.15, 0.2) is 0 Å². The van der Waals surface area contributed by atoms with Gasteiger partial charge in [-0.25, -0.2) is 0 Å². The molecule has 0 radical (unpaired) electrons. The Morgan fingerprint density at radius 3 is 1.78 bits per heavy atom. The molecule has 7 aromatic carbocycles. The smallest absolute Gasteiger partial charge is 0.0998 e. The van der Waals surface area contributed by atoms with Crippen LogP contribution in [-0.2, 0) is 0 Å². The molecule has 0 atom stereocenters. The predicted molar refractivity (Wildman–Crippen MR) is 200 cm³/mol. The minimum atomic E-state index is 0.544. The molecule has 0 saturated carbocycles. The van der Waals surface area contributed by atoms with Crippen LogP contribution in [0.3, 0.4) is 0 Å². The van der Waals surface area contributed by atoms with Gasteiger partial charge in [0.1, 0.15) is 0 Å². The topological polar surface area (TPSA) is 81.2 Å². The van der Waals surface area contributed by atoms with Crippen molar-refractivity contribution < 1.29 is 0 Å². The fourth-order valence-electron chi connectivity index (χ4n) is 7.56. The van der Waals surface area contributed by atoms with Crippen LogP contribution in [0.4, 0.5) is 0 Å². The molecule has 0 saturated heterocycles. The summed E-state index contributed by atoms with van der Waals surface area (Å²) in [6.45, 7) is 0. The zero-order valence-electron chi connectivity index (χ0n) is 26.7. The molecule has 0 aliphatic heterocycles. The molecule has 0 aliphatic carbocycles. The molecule has 0 bridgehead atoms. The monoisotopic (exact) mass is 635 g/mol. The number of nitriles is 3. The average molecular weight is 636 g/mol. The van der Waals surface area contributed by atoms with E-state index in [9.17, 15) is 15.8 Å². The first kappa shape index (κ1) is 28.8. The number of nitrogens with zero attached hydrogens (tertiary/aromatic N) is 5. The van der Waals surface area contributed by atoms with Crippen molar-refractivity contribution in [1.82, 2.24) is 9.13 Å². The van der Waals surface area contributed by atoms with Crippen molar-refractivity contribution in [3.63, 3.8) is 0 Å². The fourth-order valence-corrected chi connectivity index (χ4v) is 7.56. The van der Waals surface area contributed by atoms with Crippen LogP contribution < -0.4 is 0 Å². The van der Waals surface area contributed by atoms with Crippen LogP contribution in [0.25, 0.3) is 77.2 Å². The van der Waals surface area contributed by atoms with E-state index in [1.165, 1.54) is 0 Å². The largest absolute Gasteiger partial charge is 0.309 e. The van der Waals surface area contributed by atoms with Gasteiger partial charge < -0.3 is 9.13 Å². The second-order valence-electron chi connectivity index (χ2n) is 12.3. The average Bonchev–Trinajstić information content (AvgIpc) is 3.70. The lowest BCUT2D eigenvalue weighted by atomic mass is 9.90. The van der Waals surface area contributed by atoms with Gasteiger partial charge in [-0.05, 0) is 83.4 Å². The number of benzene rings is 7. The van der Waals surface area contributed by atoms with E-state index in [0.717, 1.165) is 77.2 Å². The number of para-hydroxylation sites is 2. The summed E-state index contributed by atoms with van der Waals surface area (Å²) in [4.78, 5) is 0. The van der Waals surface area contributed by atoms with Gasteiger partial charge in [-0.2, -0.15) is 15.8 Å². The first-order valence-corrected chi connectivity index (χ1v) is 16.3. The highest BCUT2D eigenvalue weighted by Crippen LogP contribution is 2.42. The third-order valence-electron chi connectivity index (χ3n) is 9.64. The summed E-state index contributed by atoms with van der Waals surface area (Å²) in [7, 11) is 0. The summed E-state index contributed by atoms with van der Waals surface area (Å²) in [6.07, 6.45) is 0. The number of aromatic nitrogens is 2. The van der Waals surface area contributed by atoms with Gasteiger partial charge in [0.05, 0.1) is 62.7 Å². The number of rotatable bonds is 4. The van der Waals surface area contributed by atoms with Crippen molar-refractivity contribution >= 4 is 43.6 Å². The van der Waals surface area contributed by atoms with Crippen LogP contribution in [0, 0.1) is 34.0 Å². The lowest BCUT2D eigenvalue weighted by molar-refractivity contribution is 1.18.